The number of carbonyl (C=O) groups is 3. The summed E-state index contributed by atoms with van der Waals surface area (Å²) in [5.74, 6) is -0.505. The Bertz CT molecular complexity index is 1170. The Hall–Kier alpha value is -3.10. The van der Waals surface area contributed by atoms with Crippen LogP contribution in [0.5, 0.6) is 5.75 Å². The number of rotatable bonds is 3. The van der Waals surface area contributed by atoms with Gasteiger partial charge in [-0.15, -0.1) is 0 Å². The first kappa shape index (κ1) is 33.4. The lowest BCUT2D eigenvalue weighted by atomic mass is 9.45. The fourth-order valence-electron chi connectivity index (χ4n) is 7.26. The maximum Gasteiger partial charge on any atom is 0.414 e. The number of aryl methyl sites for hydroxylation is 1. The zero-order valence-corrected chi connectivity index (χ0v) is 27.3. The quantitative estimate of drug-likeness (QED) is 0.197. The van der Waals surface area contributed by atoms with E-state index in [-0.39, 0.29) is 40.2 Å². The minimum Gasteiger partial charge on any atom is -0.508 e. The Labute approximate surface area is 251 Å². The molecule has 2 fully saturated rings. The van der Waals surface area contributed by atoms with Gasteiger partial charge in [-0.3, -0.25) is 15.4 Å². The lowest BCUT2D eigenvalue weighted by molar-refractivity contribution is -0.0863. The molecule has 0 spiro atoms. The van der Waals surface area contributed by atoms with Crippen molar-refractivity contribution in [2.24, 2.45) is 33.6 Å². The number of alkyl carbamates (subject to hydrolysis) is 2. The van der Waals surface area contributed by atoms with Gasteiger partial charge in [0.05, 0.1) is 6.04 Å². The molecule has 234 valence electrons. The Morgan fingerprint density at radius 3 is 1.98 bits per heavy atom. The number of fused-ring (bicyclic) bond motifs is 1. The lowest BCUT2D eigenvalue weighted by Gasteiger charge is -2.59. The van der Waals surface area contributed by atoms with Crippen LogP contribution in [0, 0.1) is 35.5 Å². The van der Waals surface area contributed by atoms with Crippen LogP contribution in [-0.2, 0) is 9.47 Å². The van der Waals surface area contributed by atoms with Crippen molar-refractivity contribution >= 4 is 23.9 Å². The van der Waals surface area contributed by atoms with Crippen LogP contribution in [0.4, 0.5) is 9.59 Å². The van der Waals surface area contributed by atoms with E-state index in [9.17, 15) is 19.5 Å². The minimum absolute atomic E-state index is 0.0200. The summed E-state index contributed by atoms with van der Waals surface area (Å²) in [5, 5.41) is 15.5. The predicted molar refractivity (Wildman–Crippen MR) is 164 cm³/mol. The van der Waals surface area contributed by atoms with Crippen molar-refractivity contribution in [1.29, 1.82) is 0 Å². The molecule has 0 heterocycles. The Morgan fingerprint density at radius 1 is 0.929 bits per heavy atom. The van der Waals surface area contributed by atoms with Crippen LogP contribution in [0.1, 0.15) is 111 Å². The van der Waals surface area contributed by atoms with Crippen molar-refractivity contribution in [1.82, 2.24) is 10.6 Å². The number of Topliss-reactive ketones (excluding diaryl/α,β-unsaturated/α-hetero) is 1. The highest BCUT2D eigenvalue weighted by Gasteiger charge is 2.58. The van der Waals surface area contributed by atoms with Gasteiger partial charge in [0.15, 0.2) is 5.78 Å². The number of carbonyl (C=O) groups excluding carboxylic acids is 3. The van der Waals surface area contributed by atoms with Gasteiger partial charge < -0.3 is 14.6 Å². The minimum atomic E-state index is -0.760. The number of aromatic hydroxyl groups is 1. The number of aliphatic imine (C=N–C) groups is 1. The number of nitrogens with zero attached hydrogens (tertiary/aromatic N) is 1. The molecule has 42 heavy (non-hydrogen) atoms. The molecule has 1 aromatic carbocycles. The molecule has 2 amide bonds. The van der Waals surface area contributed by atoms with Gasteiger partial charge in [-0.2, -0.15) is 0 Å². The van der Waals surface area contributed by atoms with E-state index in [1.54, 1.807) is 53.7 Å². The third kappa shape index (κ3) is 8.04. The molecule has 0 bridgehead atoms. The Balaban J connectivity index is 2.08. The molecular weight excluding hydrogens is 534 g/mol. The van der Waals surface area contributed by atoms with E-state index in [0.29, 0.717) is 12.0 Å². The molecule has 2 aliphatic carbocycles. The van der Waals surface area contributed by atoms with Gasteiger partial charge in [0.2, 0.25) is 5.96 Å². The number of phenolic OH excluding ortho intramolecular Hbond substituents is 1. The van der Waals surface area contributed by atoms with Crippen molar-refractivity contribution in [3.63, 3.8) is 0 Å². The van der Waals surface area contributed by atoms with Crippen molar-refractivity contribution < 1.29 is 29.0 Å². The third-order valence-corrected chi connectivity index (χ3v) is 8.76. The van der Waals surface area contributed by atoms with E-state index >= 15 is 0 Å². The molecule has 0 saturated heterocycles. The van der Waals surface area contributed by atoms with Gasteiger partial charge in [0.25, 0.3) is 0 Å². The molecule has 1 aromatic rings. The maximum atomic E-state index is 14.3. The highest BCUT2D eigenvalue weighted by Crippen LogP contribution is 2.62. The summed E-state index contributed by atoms with van der Waals surface area (Å²) in [6, 6.07) is 4.61. The molecule has 5 unspecified atom stereocenters. The first-order valence-corrected chi connectivity index (χ1v) is 15.0. The SMILES string of the molecule is Cc1cc(O)cc(C(=O)C2C(C)C(N=C(NC(=O)OC(C)(C)C)NC(=O)OC(C)(C)C)CC3C(C)(C)CCCC23C)c1. The molecule has 9 nitrogen and oxygen atoms in total. The molecule has 0 radical (unpaired) electrons. The molecule has 5 atom stereocenters. The number of nitrogens with one attached hydrogen (secondary N) is 2. The number of hydrogen-bond acceptors (Lipinski definition) is 7. The van der Waals surface area contributed by atoms with Crippen LogP contribution in [0.25, 0.3) is 0 Å². The fourth-order valence-corrected chi connectivity index (χ4v) is 7.26. The van der Waals surface area contributed by atoms with Gasteiger partial charge >= 0.3 is 12.2 Å². The van der Waals surface area contributed by atoms with Crippen LogP contribution in [0.3, 0.4) is 0 Å². The second-order valence-electron chi connectivity index (χ2n) is 15.2. The normalized spacial score (nSPS) is 27.2. The highest BCUT2D eigenvalue weighted by atomic mass is 16.6. The third-order valence-electron chi connectivity index (χ3n) is 8.76. The molecule has 0 aromatic heterocycles. The van der Waals surface area contributed by atoms with E-state index in [4.69, 9.17) is 14.5 Å². The molecular formula is C33H51N3O6. The number of amides is 2. The average molecular weight is 586 g/mol. The largest absolute Gasteiger partial charge is 0.508 e. The van der Waals surface area contributed by atoms with Gasteiger partial charge in [-0.1, -0.05) is 34.1 Å². The monoisotopic (exact) mass is 585 g/mol. The average Bonchev–Trinajstić information content (AvgIpc) is 2.76. The van der Waals surface area contributed by atoms with Crippen LogP contribution < -0.4 is 10.6 Å². The van der Waals surface area contributed by atoms with Crippen molar-refractivity contribution in [2.45, 2.75) is 119 Å². The number of hydrogen-bond donors (Lipinski definition) is 3. The first-order valence-electron chi connectivity index (χ1n) is 15.0. The molecule has 0 aliphatic heterocycles. The molecule has 2 saturated carbocycles. The number of ether oxygens (including phenoxy) is 2. The zero-order chi connectivity index (χ0) is 31.8. The summed E-state index contributed by atoms with van der Waals surface area (Å²) in [7, 11) is 0. The Morgan fingerprint density at radius 2 is 1.48 bits per heavy atom. The van der Waals surface area contributed by atoms with Gasteiger partial charge in [0.1, 0.15) is 17.0 Å². The second-order valence-corrected chi connectivity index (χ2v) is 15.2. The summed E-state index contributed by atoms with van der Waals surface area (Å²) < 4.78 is 10.9. The van der Waals surface area contributed by atoms with E-state index < -0.39 is 35.3 Å². The fraction of sp³-hybridized carbons (Fsp3) is 0.697. The Kier molecular flexibility index (Phi) is 9.45. The van der Waals surface area contributed by atoms with Gasteiger partial charge in [-0.25, -0.2) is 14.6 Å². The molecule has 3 N–H and O–H groups in total. The van der Waals surface area contributed by atoms with Gasteiger partial charge in [-0.05, 0) is 114 Å². The van der Waals surface area contributed by atoms with Crippen LogP contribution in [0.15, 0.2) is 23.2 Å². The van der Waals surface area contributed by atoms with Crippen molar-refractivity contribution in [3.8, 4) is 5.75 Å². The van der Waals surface area contributed by atoms with Crippen LogP contribution >= 0.6 is 0 Å². The summed E-state index contributed by atoms with van der Waals surface area (Å²) in [6.07, 6.45) is 2.13. The highest BCUT2D eigenvalue weighted by molar-refractivity contribution is 6.02. The van der Waals surface area contributed by atoms with E-state index in [0.717, 1.165) is 24.8 Å². The van der Waals surface area contributed by atoms with Crippen LogP contribution in [0.2, 0.25) is 0 Å². The van der Waals surface area contributed by atoms with E-state index in [2.05, 4.69) is 31.4 Å². The summed E-state index contributed by atoms with van der Waals surface area (Å²) in [6.45, 7) is 21.1. The maximum absolute atomic E-state index is 14.3. The summed E-state index contributed by atoms with van der Waals surface area (Å²) in [4.78, 5) is 44.8. The van der Waals surface area contributed by atoms with E-state index in [1.807, 2.05) is 19.9 Å². The molecule has 9 heteroatoms. The summed E-state index contributed by atoms with van der Waals surface area (Å²) in [5.41, 5.74) is -0.565. The number of phenols is 1. The number of ketones is 1. The molecule has 3 rings (SSSR count). The van der Waals surface area contributed by atoms with E-state index in [1.165, 1.54) is 0 Å². The lowest BCUT2D eigenvalue weighted by Crippen LogP contribution is -2.57. The smallest absolute Gasteiger partial charge is 0.414 e. The molecule has 2 aliphatic rings. The predicted octanol–water partition coefficient (Wildman–Crippen LogP) is 7.15. The standard InChI is InChI=1S/C33H51N3O6/c1-19-15-21(17-22(37)16-19)26(38)25-20(2)23(18-24-32(9,10)13-12-14-33(24,25)11)34-27(35-28(39)41-30(3,4)5)36-29(40)42-31(6,7)8/h15-17,20,23-25,37H,12-14,18H2,1-11H3,(H2,34,35,36,39,40). The zero-order valence-electron chi connectivity index (χ0n) is 27.3. The number of guanidine groups is 1. The first-order chi connectivity index (χ1) is 19.1. The van der Waals surface area contributed by atoms with Crippen molar-refractivity contribution in [2.75, 3.05) is 0 Å². The van der Waals surface area contributed by atoms with Crippen LogP contribution in [-0.4, -0.2) is 46.3 Å². The van der Waals surface area contributed by atoms with Gasteiger partial charge in [0, 0.05) is 11.5 Å². The summed E-state index contributed by atoms with van der Waals surface area (Å²) >= 11 is 0. The van der Waals surface area contributed by atoms with Crippen molar-refractivity contribution in [3.05, 3.63) is 29.3 Å². The number of benzene rings is 1. The second kappa shape index (κ2) is 11.9. The topological polar surface area (TPSA) is 126 Å².